The van der Waals surface area contributed by atoms with Crippen molar-refractivity contribution in [3.8, 4) is 78.6 Å². The molecule has 4 heteroatoms. The maximum atomic E-state index is 12.6. The third-order valence-electron chi connectivity index (χ3n) is 13.2. The van der Waals surface area contributed by atoms with Crippen molar-refractivity contribution in [2.75, 3.05) is 0 Å². The number of fused-ring (bicyclic) bond motifs is 1. The van der Waals surface area contributed by atoms with Crippen molar-refractivity contribution >= 4 is 11.0 Å². The van der Waals surface area contributed by atoms with Crippen molar-refractivity contribution < 1.29 is 5.11 Å². The van der Waals surface area contributed by atoms with Crippen LogP contribution in [0.3, 0.4) is 0 Å². The Bertz CT molecular complexity index is 3270. The molecule has 66 heavy (non-hydrogen) atoms. The van der Waals surface area contributed by atoms with Crippen LogP contribution in [0.25, 0.3) is 83.9 Å². The first-order valence-electron chi connectivity index (χ1n) is 23.2. The van der Waals surface area contributed by atoms with Gasteiger partial charge in [0.1, 0.15) is 11.6 Å². The van der Waals surface area contributed by atoms with Crippen LogP contribution < -0.4 is 0 Å². The molecule has 0 aliphatic carbocycles. The number of aryl methyl sites for hydroxylation is 6. The highest BCUT2D eigenvalue weighted by Crippen LogP contribution is 2.47. The molecule has 0 saturated carbocycles. The third-order valence-corrected chi connectivity index (χ3v) is 13.2. The smallest absolute Gasteiger partial charge is 0.149 e. The monoisotopic (exact) mass is 863 g/mol. The molecule has 0 saturated heterocycles. The van der Waals surface area contributed by atoms with Crippen molar-refractivity contribution in [2.45, 2.75) is 93.9 Å². The van der Waals surface area contributed by atoms with Gasteiger partial charge in [0.05, 0.1) is 28.0 Å². The van der Waals surface area contributed by atoms with E-state index in [1.54, 1.807) is 0 Å². The second-order valence-electron chi connectivity index (χ2n) is 20.5. The van der Waals surface area contributed by atoms with Crippen LogP contribution in [0.4, 0.5) is 0 Å². The number of para-hydroxylation sites is 2. The SMILES string of the molecule is Cc1cc(C)c(-c2ccc(-c3ccc(-c4c(C)cc(C)cc4C)c(-c4cccc5c4nc(-c4cc(C(C)(C)C)cc(C(C)(C)C)c4O)n5-c4ccccc4-c4ccccc4)c3)nc2)c(C)c1. The number of rotatable bonds is 7. The highest BCUT2D eigenvalue weighted by molar-refractivity contribution is 6.02. The van der Waals surface area contributed by atoms with Crippen molar-refractivity contribution in [1.82, 2.24) is 14.5 Å². The summed E-state index contributed by atoms with van der Waals surface area (Å²) in [6, 6.07) is 50.2. The Kier molecular flexibility index (Phi) is 11.2. The lowest BCUT2D eigenvalue weighted by atomic mass is 9.79. The first kappa shape index (κ1) is 44.2. The van der Waals surface area contributed by atoms with Gasteiger partial charge in [-0.15, -0.1) is 0 Å². The Balaban J connectivity index is 1.35. The van der Waals surface area contributed by atoms with Crippen LogP contribution in [0, 0.1) is 41.5 Å². The molecule has 4 nitrogen and oxygen atoms in total. The van der Waals surface area contributed by atoms with E-state index in [1.807, 2.05) is 6.20 Å². The maximum Gasteiger partial charge on any atom is 0.149 e. The maximum absolute atomic E-state index is 12.6. The van der Waals surface area contributed by atoms with E-state index in [9.17, 15) is 5.11 Å². The van der Waals surface area contributed by atoms with Crippen LogP contribution in [0.1, 0.15) is 86.1 Å². The Hall–Kier alpha value is -7.04. The quantitative estimate of drug-likeness (QED) is 0.174. The second kappa shape index (κ2) is 16.7. The number of nitrogens with zero attached hydrogens (tertiary/aromatic N) is 3. The van der Waals surface area contributed by atoms with Gasteiger partial charge in [0.15, 0.2) is 0 Å². The van der Waals surface area contributed by atoms with Gasteiger partial charge < -0.3 is 5.11 Å². The van der Waals surface area contributed by atoms with Crippen LogP contribution in [0.5, 0.6) is 5.75 Å². The van der Waals surface area contributed by atoms with Crippen LogP contribution >= 0.6 is 0 Å². The number of phenolic OH excluding ortho intramolecular Hbond substituents is 1. The Morgan fingerprint density at radius 1 is 0.470 bits per heavy atom. The number of aromatic hydroxyl groups is 1. The molecule has 0 spiro atoms. The highest BCUT2D eigenvalue weighted by atomic mass is 16.3. The molecule has 2 heterocycles. The molecular weight excluding hydrogens is 803 g/mol. The first-order chi connectivity index (χ1) is 31.4. The zero-order valence-corrected chi connectivity index (χ0v) is 40.6. The summed E-state index contributed by atoms with van der Waals surface area (Å²) in [7, 11) is 0. The lowest BCUT2D eigenvalue weighted by molar-refractivity contribution is 0.446. The summed E-state index contributed by atoms with van der Waals surface area (Å²) in [4.78, 5) is 10.9. The molecule has 0 unspecified atom stereocenters. The molecule has 0 aliphatic heterocycles. The summed E-state index contributed by atoms with van der Waals surface area (Å²) >= 11 is 0. The first-order valence-corrected chi connectivity index (χ1v) is 23.2. The van der Waals surface area contributed by atoms with Crippen LogP contribution in [-0.4, -0.2) is 19.6 Å². The van der Waals surface area contributed by atoms with E-state index in [2.05, 4.69) is 227 Å². The van der Waals surface area contributed by atoms with Gasteiger partial charge in [0.25, 0.3) is 0 Å². The van der Waals surface area contributed by atoms with Gasteiger partial charge in [-0.25, -0.2) is 4.98 Å². The summed E-state index contributed by atoms with van der Waals surface area (Å²) in [6.07, 6.45) is 2.02. The fourth-order valence-corrected chi connectivity index (χ4v) is 10.2. The number of benzene rings is 7. The average molecular weight is 864 g/mol. The molecule has 9 rings (SSSR count). The summed E-state index contributed by atoms with van der Waals surface area (Å²) in [6.45, 7) is 26.3. The zero-order valence-electron chi connectivity index (χ0n) is 40.6. The van der Waals surface area contributed by atoms with Crippen molar-refractivity contribution in [1.29, 1.82) is 0 Å². The topological polar surface area (TPSA) is 50.9 Å². The Morgan fingerprint density at radius 2 is 1.08 bits per heavy atom. The van der Waals surface area contributed by atoms with E-state index >= 15 is 0 Å². The average Bonchev–Trinajstić information content (AvgIpc) is 3.65. The molecule has 7 aromatic carbocycles. The fourth-order valence-electron chi connectivity index (χ4n) is 10.2. The van der Waals surface area contributed by atoms with Crippen LogP contribution in [0.2, 0.25) is 0 Å². The fraction of sp³-hybridized carbons (Fsp3) is 0.226. The van der Waals surface area contributed by atoms with Crippen molar-refractivity contribution in [2.24, 2.45) is 0 Å². The van der Waals surface area contributed by atoms with Crippen LogP contribution in [-0.2, 0) is 10.8 Å². The van der Waals surface area contributed by atoms with Crippen molar-refractivity contribution in [3.63, 3.8) is 0 Å². The molecule has 330 valence electrons. The number of phenols is 1. The van der Waals surface area contributed by atoms with Gasteiger partial charge >= 0.3 is 0 Å². The lowest BCUT2D eigenvalue weighted by Crippen LogP contribution is -2.17. The minimum absolute atomic E-state index is 0.185. The largest absolute Gasteiger partial charge is 0.507 e. The molecule has 0 amide bonds. The standard InChI is InChI=1S/C62H61N3O/c1-37-29-39(3)56(40(4)30-37)45-26-28-53(63-36-45)44-25-27-48(57-41(5)31-38(2)32-42(57)6)50(33-44)49-22-18-24-55-58(49)64-60(51-34-46(61(7,8)9)35-52(59(51)66)62(10,11)12)65(55)54-23-17-16-21-47(54)43-19-14-13-15-20-43/h13-36,66H,1-12H3. The Labute approximate surface area is 391 Å². The number of aromatic nitrogens is 3. The predicted molar refractivity (Wildman–Crippen MR) is 279 cm³/mol. The third kappa shape index (κ3) is 8.04. The highest BCUT2D eigenvalue weighted by Gasteiger charge is 2.29. The van der Waals surface area contributed by atoms with E-state index in [0.717, 1.165) is 72.5 Å². The Morgan fingerprint density at radius 3 is 1.70 bits per heavy atom. The molecular formula is C62H61N3O. The number of hydrogen-bond donors (Lipinski definition) is 1. The van der Waals surface area contributed by atoms with E-state index in [0.29, 0.717) is 11.4 Å². The molecule has 0 atom stereocenters. The van der Waals surface area contributed by atoms with Gasteiger partial charge in [-0.1, -0.05) is 162 Å². The van der Waals surface area contributed by atoms with Gasteiger partial charge in [-0.05, 0) is 138 Å². The molecule has 0 aliphatic rings. The summed E-state index contributed by atoms with van der Waals surface area (Å²) in [5.41, 5.74) is 23.4. The minimum Gasteiger partial charge on any atom is -0.507 e. The summed E-state index contributed by atoms with van der Waals surface area (Å²) < 4.78 is 2.27. The number of imidazole rings is 1. The minimum atomic E-state index is -0.326. The second-order valence-corrected chi connectivity index (χ2v) is 20.5. The molecule has 1 N–H and O–H groups in total. The number of hydrogen-bond acceptors (Lipinski definition) is 3. The van der Waals surface area contributed by atoms with E-state index in [1.165, 1.54) is 44.5 Å². The predicted octanol–water partition coefficient (Wildman–Crippen LogP) is 16.6. The van der Waals surface area contributed by atoms with E-state index in [4.69, 9.17) is 9.97 Å². The molecule has 2 aromatic heterocycles. The van der Waals surface area contributed by atoms with Gasteiger partial charge in [0.2, 0.25) is 0 Å². The van der Waals surface area contributed by atoms with E-state index < -0.39 is 0 Å². The molecule has 0 fully saturated rings. The van der Waals surface area contributed by atoms with E-state index in [-0.39, 0.29) is 16.6 Å². The van der Waals surface area contributed by atoms with Gasteiger partial charge in [-0.3, -0.25) is 9.55 Å². The summed E-state index contributed by atoms with van der Waals surface area (Å²) in [5, 5.41) is 12.6. The van der Waals surface area contributed by atoms with Crippen LogP contribution in [0.15, 0.2) is 146 Å². The molecule has 0 bridgehead atoms. The number of pyridine rings is 1. The molecule has 9 aromatic rings. The van der Waals surface area contributed by atoms with Gasteiger partial charge in [0, 0.05) is 34.0 Å². The normalized spacial score (nSPS) is 12.0. The summed E-state index contributed by atoms with van der Waals surface area (Å²) in [5.74, 6) is 0.944. The lowest BCUT2D eigenvalue weighted by Gasteiger charge is -2.27. The van der Waals surface area contributed by atoms with Crippen molar-refractivity contribution in [3.05, 3.63) is 190 Å². The van der Waals surface area contributed by atoms with Gasteiger partial charge in [-0.2, -0.15) is 0 Å². The molecule has 0 radical (unpaired) electrons. The zero-order chi connectivity index (χ0) is 46.8.